The van der Waals surface area contributed by atoms with Gasteiger partial charge in [0, 0.05) is 28.7 Å². The Kier molecular flexibility index (Phi) is 4.65. The van der Waals surface area contributed by atoms with E-state index in [1.165, 1.54) is 16.7 Å². The van der Waals surface area contributed by atoms with Crippen LogP contribution in [0.2, 0.25) is 0 Å². The fraction of sp³-hybridized carbons (Fsp3) is 0. The number of anilines is 1. The lowest BCUT2D eigenvalue weighted by atomic mass is 10.1. The molecule has 0 bridgehead atoms. The van der Waals surface area contributed by atoms with Gasteiger partial charge in [-0.25, -0.2) is 28.7 Å². The number of thiazole rings is 2. The van der Waals surface area contributed by atoms with E-state index in [0.29, 0.717) is 10.8 Å². The molecule has 6 nitrogen and oxygen atoms in total. The highest BCUT2D eigenvalue weighted by molar-refractivity contribution is 7.14. The zero-order chi connectivity index (χ0) is 18.8. The molecule has 0 aliphatic heterocycles. The number of aromatic nitrogens is 4. The lowest BCUT2D eigenvalue weighted by Crippen LogP contribution is -2.12. The highest BCUT2D eigenvalue weighted by Crippen LogP contribution is 2.28. The van der Waals surface area contributed by atoms with Crippen molar-refractivity contribution in [1.29, 1.82) is 0 Å². The Morgan fingerprint density at radius 2 is 1.85 bits per heavy atom. The average Bonchev–Trinajstić information content (AvgIpc) is 3.34. The van der Waals surface area contributed by atoms with Crippen LogP contribution in [-0.2, 0) is 0 Å². The van der Waals surface area contributed by atoms with E-state index in [9.17, 15) is 13.6 Å². The van der Waals surface area contributed by atoms with Crippen molar-refractivity contribution in [2.75, 3.05) is 5.32 Å². The third-order valence-electron chi connectivity index (χ3n) is 3.42. The maximum atomic E-state index is 13.8. The minimum absolute atomic E-state index is 0.0314. The average molecular weight is 401 g/mol. The summed E-state index contributed by atoms with van der Waals surface area (Å²) in [6, 6.07) is 4.81. The second-order valence-corrected chi connectivity index (χ2v) is 6.94. The molecule has 1 N–H and O–H groups in total. The Morgan fingerprint density at radius 3 is 2.67 bits per heavy atom. The molecule has 3 aromatic heterocycles. The number of amides is 1. The normalized spacial score (nSPS) is 10.7. The fourth-order valence-electron chi connectivity index (χ4n) is 2.20. The van der Waals surface area contributed by atoms with Crippen molar-refractivity contribution in [3.8, 4) is 22.1 Å². The molecule has 4 aromatic rings. The third-order valence-corrected chi connectivity index (χ3v) is 5.02. The number of rotatable bonds is 4. The quantitative estimate of drug-likeness (QED) is 0.553. The number of benzene rings is 1. The van der Waals surface area contributed by atoms with Gasteiger partial charge in [-0.1, -0.05) is 0 Å². The summed E-state index contributed by atoms with van der Waals surface area (Å²) in [6.45, 7) is 0. The van der Waals surface area contributed by atoms with E-state index in [1.807, 2.05) is 0 Å². The molecule has 0 aliphatic rings. The van der Waals surface area contributed by atoms with Crippen molar-refractivity contribution in [1.82, 2.24) is 19.9 Å². The number of hydrogen-bond acceptors (Lipinski definition) is 7. The van der Waals surface area contributed by atoms with Gasteiger partial charge in [-0.05, 0) is 24.3 Å². The number of hydrogen-bond donors (Lipinski definition) is 1. The number of carbonyl (C=O) groups excluding carboxylic acids is 1. The minimum Gasteiger partial charge on any atom is -0.296 e. The summed E-state index contributed by atoms with van der Waals surface area (Å²) in [5, 5.41) is 6.50. The second-order valence-electron chi connectivity index (χ2n) is 5.23. The van der Waals surface area contributed by atoms with Gasteiger partial charge >= 0.3 is 0 Å². The summed E-state index contributed by atoms with van der Waals surface area (Å²) in [7, 11) is 0. The van der Waals surface area contributed by atoms with E-state index < -0.39 is 17.5 Å². The van der Waals surface area contributed by atoms with Gasteiger partial charge in [-0.3, -0.25) is 10.1 Å². The summed E-state index contributed by atoms with van der Waals surface area (Å²) in [5.74, 6) is -1.19. The molecule has 0 atom stereocenters. The Hall–Kier alpha value is -3.11. The van der Waals surface area contributed by atoms with E-state index in [0.717, 1.165) is 29.5 Å². The van der Waals surface area contributed by atoms with Crippen LogP contribution in [0, 0.1) is 11.6 Å². The highest BCUT2D eigenvalue weighted by Gasteiger charge is 2.16. The number of halogens is 2. The molecular formula is C17H9F2N5OS2. The Morgan fingerprint density at radius 1 is 1.04 bits per heavy atom. The number of nitrogens with zero attached hydrogens (tertiary/aromatic N) is 4. The van der Waals surface area contributed by atoms with Crippen LogP contribution in [0.4, 0.5) is 13.9 Å². The third kappa shape index (κ3) is 3.71. The summed E-state index contributed by atoms with van der Waals surface area (Å²) in [4.78, 5) is 28.9. The zero-order valence-corrected chi connectivity index (χ0v) is 15.0. The van der Waals surface area contributed by atoms with E-state index in [1.54, 1.807) is 23.8 Å². The van der Waals surface area contributed by atoms with Gasteiger partial charge in [-0.2, -0.15) is 0 Å². The Labute approximate surface area is 159 Å². The molecule has 1 amide bonds. The monoisotopic (exact) mass is 401 g/mol. The SMILES string of the molecule is O=C(Nc1nc(-c2cc(F)ccc2F)cs1)c1csc(-c2ncccn2)n1. The van der Waals surface area contributed by atoms with Crippen LogP contribution in [0.25, 0.3) is 22.1 Å². The molecule has 27 heavy (non-hydrogen) atoms. The number of nitrogens with one attached hydrogen (secondary N) is 1. The first kappa shape index (κ1) is 17.3. The van der Waals surface area contributed by atoms with Crippen molar-refractivity contribution in [2.45, 2.75) is 0 Å². The van der Waals surface area contributed by atoms with Crippen molar-refractivity contribution in [3.63, 3.8) is 0 Å². The van der Waals surface area contributed by atoms with E-state index in [2.05, 4.69) is 25.3 Å². The molecule has 3 heterocycles. The van der Waals surface area contributed by atoms with Gasteiger partial charge in [-0.15, -0.1) is 22.7 Å². The molecular weight excluding hydrogens is 392 g/mol. The summed E-state index contributed by atoms with van der Waals surface area (Å²) >= 11 is 2.35. The lowest BCUT2D eigenvalue weighted by molar-refractivity contribution is 0.102. The topological polar surface area (TPSA) is 80.7 Å². The first-order chi connectivity index (χ1) is 13.1. The predicted octanol–water partition coefficient (Wildman–Crippen LogP) is 4.25. The van der Waals surface area contributed by atoms with Gasteiger partial charge in [0.15, 0.2) is 16.0 Å². The van der Waals surface area contributed by atoms with Gasteiger partial charge < -0.3 is 0 Å². The van der Waals surface area contributed by atoms with Gasteiger partial charge in [0.05, 0.1) is 5.69 Å². The molecule has 134 valence electrons. The van der Waals surface area contributed by atoms with E-state index in [-0.39, 0.29) is 22.1 Å². The van der Waals surface area contributed by atoms with Crippen LogP contribution in [0.1, 0.15) is 10.5 Å². The molecule has 0 radical (unpaired) electrons. The van der Waals surface area contributed by atoms with Crippen LogP contribution in [0.15, 0.2) is 47.4 Å². The Bertz CT molecular complexity index is 1110. The summed E-state index contributed by atoms with van der Waals surface area (Å²) in [5.41, 5.74) is 0.462. The lowest BCUT2D eigenvalue weighted by Gasteiger charge is -2.00. The van der Waals surface area contributed by atoms with Crippen molar-refractivity contribution >= 4 is 33.7 Å². The van der Waals surface area contributed by atoms with Gasteiger partial charge in [0.25, 0.3) is 5.91 Å². The Balaban J connectivity index is 1.52. The maximum Gasteiger partial charge on any atom is 0.276 e. The molecule has 1 aromatic carbocycles. The standard InChI is InChI=1S/C17H9F2N5OS2/c18-9-2-3-11(19)10(6-9)12-7-27-17(23-12)24-15(25)13-8-26-16(22-13)14-20-4-1-5-21-14/h1-8H,(H,23,24,25). The molecule has 0 saturated carbocycles. The van der Waals surface area contributed by atoms with Crippen LogP contribution in [-0.4, -0.2) is 25.8 Å². The molecule has 0 spiro atoms. The van der Waals surface area contributed by atoms with Crippen LogP contribution in [0.3, 0.4) is 0 Å². The predicted molar refractivity (Wildman–Crippen MR) is 98.6 cm³/mol. The molecule has 0 aliphatic carbocycles. The summed E-state index contributed by atoms with van der Waals surface area (Å²) in [6.07, 6.45) is 3.18. The molecule has 0 saturated heterocycles. The number of carbonyl (C=O) groups is 1. The zero-order valence-electron chi connectivity index (χ0n) is 13.4. The van der Waals surface area contributed by atoms with Crippen molar-refractivity contribution < 1.29 is 13.6 Å². The van der Waals surface area contributed by atoms with Crippen LogP contribution >= 0.6 is 22.7 Å². The van der Waals surface area contributed by atoms with Crippen LogP contribution < -0.4 is 5.32 Å². The molecule has 0 fully saturated rings. The smallest absolute Gasteiger partial charge is 0.276 e. The second kappa shape index (κ2) is 7.25. The molecule has 0 unspecified atom stereocenters. The largest absolute Gasteiger partial charge is 0.296 e. The summed E-state index contributed by atoms with van der Waals surface area (Å²) < 4.78 is 27.2. The molecule has 4 rings (SSSR count). The maximum absolute atomic E-state index is 13.8. The van der Waals surface area contributed by atoms with Gasteiger partial charge in [0.2, 0.25) is 0 Å². The van der Waals surface area contributed by atoms with E-state index in [4.69, 9.17) is 0 Å². The highest BCUT2D eigenvalue weighted by atomic mass is 32.1. The first-order valence-corrected chi connectivity index (χ1v) is 9.31. The van der Waals surface area contributed by atoms with E-state index >= 15 is 0 Å². The van der Waals surface area contributed by atoms with Gasteiger partial charge in [0.1, 0.15) is 17.3 Å². The van der Waals surface area contributed by atoms with Crippen molar-refractivity contribution in [3.05, 3.63) is 64.7 Å². The van der Waals surface area contributed by atoms with Crippen molar-refractivity contribution in [2.24, 2.45) is 0 Å². The van der Waals surface area contributed by atoms with Crippen LogP contribution in [0.5, 0.6) is 0 Å². The fourth-order valence-corrected chi connectivity index (χ4v) is 3.65. The molecule has 10 heteroatoms. The minimum atomic E-state index is -0.591. The first-order valence-electron chi connectivity index (χ1n) is 7.55.